The van der Waals surface area contributed by atoms with E-state index < -0.39 is 5.97 Å². The van der Waals surface area contributed by atoms with Crippen LogP contribution in [0.2, 0.25) is 0 Å². The molecule has 1 aliphatic heterocycles. The minimum absolute atomic E-state index is 0.0528. The van der Waals surface area contributed by atoms with E-state index in [-0.39, 0.29) is 22.0 Å². The lowest BCUT2D eigenvalue weighted by Gasteiger charge is -2.38. The normalized spacial score (nSPS) is 17.2. The maximum Gasteiger partial charge on any atom is 0.355 e. The molecule has 0 radical (unpaired) electrons. The molecule has 0 aliphatic carbocycles. The molecule has 0 saturated carbocycles. The Balaban J connectivity index is 1.99. The standard InChI is InChI=1S/C14H20N2O3S/c1-14(2,3)9-4-6-16(7-5-9)12(17)11-15-10(8-20-11)13(18)19/h8-9H,4-7H2,1-3H3,(H,18,19). The lowest BCUT2D eigenvalue weighted by Crippen LogP contribution is -2.41. The van der Waals surface area contributed by atoms with Crippen LogP contribution in [0, 0.1) is 11.3 Å². The highest BCUT2D eigenvalue weighted by Crippen LogP contribution is 2.34. The van der Waals surface area contributed by atoms with Crippen molar-refractivity contribution in [2.75, 3.05) is 13.1 Å². The van der Waals surface area contributed by atoms with E-state index in [9.17, 15) is 9.59 Å². The Morgan fingerprint density at radius 2 is 1.95 bits per heavy atom. The van der Waals surface area contributed by atoms with E-state index in [1.54, 1.807) is 4.90 Å². The minimum atomic E-state index is -1.09. The molecule has 5 nitrogen and oxygen atoms in total. The molecule has 1 N–H and O–H groups in total. The molecule has 2 rings (SSSR count). The predicted octanol–water partition coefficient (Wildman–Crippen LogP) is 2.74. The van der Waals surface area contributed by atoms with Crippen LogP contribution in [-0.2, 0) is 0 Å². The van der Waals surface area contributed by atoms with Crippen molar-refractivity contribution < 1.29 is 14.7 Å². The average Bonchev–Trinajstić information content (AvgIpc) is 2.86. The van der Waals surface area contributed by atoms with Crippen LogP contribution in [0.25, 0.3) is 0 Å². The van der Waals surface area contributed by atoms with Gasteiger partial charge < -0.3 is 10.0 Å². The molecule has 2 heterocycles. The van der Waals surface area contributed by atoms with Crippen molar-refractivity contribution in [1.29, 1.82) is 0 Å². The summed E-state index contributed by atoms with van der Waals surface area (Å²) in [5.41, 5.74) is 0.218. The van der Waals surface area contributed by atoms with Crippen molar-refractivity contribution in [3.05, 3.63) is 16.1 Å². The third-order valence-corrected chi connectivity index (χ3v) is 4.74. The summed E-state index contributed by atoms with van der Waals surface area (Å²) in [4.78, 5) is 28.7. The predicted molar refractivity (Wildman–Crippen MR) is 77.2 cm³/mol. The summed E-state index contributed by atoms with van der Waals surface area (Å²) >= 11 is 1.10. The number of hydrogen-bond acceptors (Lipinski definition) is 4. The number of nitrogens with zero attached hydrogens (tertiary/aromatic N) is 2. The molecule has 1 fully saturated rings. The van der Waals surface area contributed by atoms with Crippen LogP contribution in [-0.4, -0.2) is 40.0 Å². The number of carboxylic acid groups (broad SMARTS) is 1. The first-order valence-electron chi connectivity index (χ1n) is 6.77. The number of thiazole rings is 1. The molecular formula is C14H20N2O3S. The number of hydrogen-bond donors (Lipinski definition) is 1. The van der Waals surface area contributed by atoms with Gasteiger partial charge in [0.05, 0.1) is 0 Å². The van der Waals surface area contributed by atoms with Crippen LogP contribution in [0.3, 0.4) is 0 Å². The molecule has 0 aromatic carbocycles. The number of carbonyl (C=O) groups is 2. The summed E-state index contributed by atoms with van der Waals surface area (Å²) in [7, 11) is 0. The Morgan fingerprint density at radius 1 is 1.35 bits per heavy atom. The maximum absolute atomic E-state index is 12.3. The van der Waals surface area contributed by atoms with Crippen molar-refractivity contribution in [3.8, 4) is 0 Å². The molecule has 0 unspecified atom stereocenters. The number of aromatic nitrogens is 1. The summed E-state index contributed by atoms with van der Waals surface area (Å²) in [5.74, 6) is -0.612. The first-order chi connectivity index (χ1) is 9.29. The Hall–Kier alpha value is -1.43. The largest absolute Gasteiger partial charge is 0.476 e. The first kappa shape index (κ1) is 15.0. The van der Waals surface area contributed by atoms with Gasteiger partial charge in [-0.25, -0.2) is 9.78 Å². The van der Waals surface area contributed by atoms with Gasteiger partial charge in [-0.2, -0.15) is 0 Å². The second-order valence-electron chi connectivity index (χ2n) is 6.28. The SMILES string of the molecule is CC(C)(C)C1CCN(C(=O)c2nc(C(=O)O)cs2)CC1. The van der Waals surface area contributed by atoms with E-state index in [4.69, 9.17) is 5.11 Å². The highest BCUT2D eigenvalue weighted by atomic mass is 32.1. The zero-order chi connectivity index (χ0) is 14.9. The van der Waals surface area contributed by atoms with Gasteiger partial charge in [-0.1, -0.05) is 20.8 Å². The first-order valence-corrected chi connectivity index (χ1v) is 7.65. The number of amides is 1. The van der Waals surface area contributed by atoms with Crippen LogP contribution in [0.1, 0.15) is 53.9 Å². The molecule has 20 heavy (non-hydrogen) atoms. The van der Waals surface area contributed by atoms with Crippen molar-refractivity contribution in [3.63, 3.8) is 0 Å². The van der Waals surface area contributed by atoms with E-state index >= 15 is 0 Å². The summed E-state index contributed by atoms with van der Waals surface area (Å²) in [5, 5.41) is 10.5. The molecule has 1 amide bonds. The van der Waals surface area contributed by atoms with Crippen LogP contribution in [0.5, 0.6) is 0 Å². The monoisotopic (exact) mass is 296 g/mol. The van der Waals surface area contributed by atoms with Gasteiger partial charge in [0.15, 0.2) is 10.7 Å². The molecule has 0 atom stereocenters. The zero-order valence-corrected chi connectivity index (χ0v) is 12.9. The number of rotatable bonds is 2. The smallest absolute Gasteiger partial charge is 0.355 e. The molecule has 110 valence electrons. The summed E-state index contributed by atoms with van der Waals surface area (Å²) in [6, 6.07) is 0. The van der Waals surface area contributed by atoms with Crippen LogP contribution in [0.15, 0.2) is 5.38 Å². The van der Waals surface area contributed by atoms with E-state index in [1.165, 1.54) is 5.38 Å². The molecule has 0 spiro atoms. The maximum atomic E-state index is 12.3. The summed E-state index contributed by atoms with van der Waals surface area (Å²) in [6.45, 7) is 8.14. The molecule has 1 aromatic rings. The minimum Gasteiger partial charge on any atom is -0.476 e. The summed E-state index contributed by atoms with van der Waals surface area (Å²) in [6.07, 6.45) is 1.98. The highest BCUT2D eigenvalue weighted by molar-refractivity contribution is 7.11. The molecule has 1 aromatic heterocycles. The third kappa shape index (κ3) is 3.17. The number of likely N-dealkylation sites (tertiary alicyclic amines) is 1. The van der Waals surface area contributed by atoms with Gasteiger partial charge in [0.25, 0.3) is 5.91 Å². The fourth-order valence-corrected chi connectivity index (χ4v) is 3.31. The van der Waals surface area contributed by atoms with Crippen molar-refractivity contribution in [1.82, 2.24) is 9.88 Å². The topological polar surface area (TPSA) is 70.5 Å². The molecule has 0 bridgehead atoms. The Kier molecular flexibility index (Phi) is 4.13. The fourth-order valence-electron chi connectivity index (χ4n) is 2.55. The zero-order valence-electron chi connectivity index (χ0n) is 12.0. The van der Waals surface area contributed by atoms with Gasteiger partial charge in [0.1, 0.15) is 0 Å². The second-order valence-corrected chi connectivity index (χ2v) is 7.13. The van der Waals surface area contributed by atoms with E-state index in [0.717, 1.165) is 37.3 Å². The fraction of sp³-hybridized carbons (Fsp3) is 0.643. The number of carboxylic acids is 1. The van der Waals surface area contributed by atoms with E-state index in [0.29, 0.717) is 5.92 Å². The van der Waals surface area contributed by atoms with Gasteiger partial charge in [-0.05, 0) is 24.2 Å². The van der Waals surface area contributed by atoms with Crippen molar-refractivity contribution in [2.45, 2.75) is 33.6 Å². The van der Waals surface area contributed by atoms with E-state index in [1.807, 2.05) is 0 Å². The number of piperidine rings is 1. The number of carbonyl (C=O) groups excluding carboxylic acids is 1. The van der Waals surface area contributed by atoms with Gasteiger partial charge in [-0.3, -0.25) is 4.79 Å². The van der Waals surface area contributed by atoms with Gasteiger partial charge in [0, 0.05) is 18.5 Å². The molecule has 1 aliphatic rings. The molecular weight excluding hydrogens is 276 g/mol. The quantitative estimate of drug-likeness (QED) is 0.911. The van der Waals surface area contributed by atoms with Crippen LogP contribution >= 0.6 is 11.3 Å². The van der Waals surface area contributed by atoms with Crippen LogP contribution < -0.4 is 0 Å². The Morgan fingerprint density at radius 3 is 2.40 bits per heavy atom. The Labute approximate surface area is 122 Å². The second kappa shape index (κ2) is 5.52. The lowest BCUT2D eigenvalue weighted by atomic mass is 9.75. The van der Waals surface area contributed by atoms with Crippen molar-refractivity contribution >= 4 is 23.2 Å². The highest BCUT2D eigenvalue weighted by Gasteiger charge is 2.31. The van der Waals surface area contributed by atoms with Gasteiger partial charge in [-0.15, -0.1) is 11.3 Å². The van der Waals surface area contributed by atoms with Crippen LogP contribution in [0.4, 0.5) is 0 Å². The third-order valence-electron chi connectivity index (χ3n) is 3.91. The molecule has 6 heteroatoms. The molecule has 1 saturated heterocycles. The summed E-state index contributed by atoms with van der Waals surface area (Å²) < 4.78 is 0. The van der Waals surface area contributed by atoms with Gasteiger partial charge >= 0.3 is 5.97 Å². The lowest BCUT2D eigenvalue weighted by molar-refractivity contribution is 0.0608. The average molecular weight is 296 g/mol. The number of aromatic carboxylic acids is 1. The Bertz CT molecular complexity index is 511. The van der Waals surface area contributed by atoms with Crippen molar-refractivity contribution in [2.24, 2.45) is 11.3 Å². The van der Waals surface area contributed by atoms with E-state index in [2.05, 4.69) is 25.8 Å². The van der Waals surface area contributed by atoms with Gasteiger partial charge in [0.2, 0.25) is 0 Å².